The van der Waals surface area contributed by atoms with Gasteiger partial charge in [0, 0.05) is 50.9 Å². The van der Waals surface area contributed by atoms with Gasteiger partial charge in [0.1, 0.15) is 0 Å². The monoisotopic (exact) mass is 513 g/mol. The second-order valence-electron chi connectivity index (χ2n) is 7.40. The zero-order chi connectivity index (χ0) is 22.8. The maximum absolute atomic E-state index is 12.9. The molecule has 0 unspecified atom stereocenters. The summed E-state index contributed by atoms with van der Waals surface area (Å²) < 4.78 is 29.6. The van der Waals surface area contributed by atoms with Gasteiger partial charge in [-0.05, 0) is 47.8 Å². The Morgan fingerprint density at radius 3 is 2.42 bits per heavy atom. The molecule has 1 fully saturated rings. The van der Waals surface area contributed by atoms with E-state index in [0.717, 1.165) is 16.7 Å². The van der Waals surface area contributed by atoms with E-state index < -0.39 is 14.9 Å². The number of aryl methyl sites for hydroxylation is 1. The Bertz CT molecular complexity index is 1060. The van der Waals surface area contributed by atoms with Crippen LogP contribution in [0.1, 0.15) is 25.5 Å². The van der Waals surface area contributed by atoms with Crippen LogP contribution in [-0.4, -0.2) is 58.4 Å². The second kappa shape index (κ2) is 9.45. The first kappa shape index (κ1) is 23.4. The number of amides is 1. The molecule has 1 aromatic carbocycles. The minimum atomic E-state index is -3.76. The van der Waals surface area contributed by atoms with Crippen LogP contribution in [-0.2, 0) is 27.9 Å². The Balaban J connectivity index is 1.60. The highest BCUT2D eigenvalue weighted by Gasteiger charge is 2.33. The highest BCUT2D eigenvalue weighted by molar-refractivity contribution is 9.10. The number of hydrogen-bond donors (Lipinski definition) is 0. The molecule has 10 nitrogen and oxygen atoms in total. The number of nitro groups is 1. The summed E-state index contributed by atoms with van der Waals surface area (Å²) in [7, 11) is -2.04. The number of carbonyl (C=O) groups excluding carboxylic acids is 1. The van der Waals surface area contributed by atoms with Crippen molar-refractivity contribution in [2.24, 2.45) is 5.92 Å². The molecule has 1 aliphatic rings. The highest BCUT2D eigenvalue weighted by atomic mass is 79.9. The molecule has 0 radical (unpaired) electrons. The van der Waals surface area contributed by atoms with Gasteiger partial charge in [-0.1, -0.05) is 0 Å². The summed E-state index contributed by atoms with van der Waals surface area (Å²) in [5.41, 5.74) is 0.609. The Kier molecular flexibility index (Phi) is 7.12. The molecule has 168 valence electrons. The van der Waals surface area contributed by atoms with Crippen molar-refractivity contribution >= 4 is 37.5 Å². The van der Waals surface area contributed by atoms with Gasteiger partial charge in [0.25, 0.3) is 5.69 Å². The molecular weight excluding hydrogens is 490 g/mol. The van der Waals surface area contributed by atoms with Gasteiger partial charge in [-0.3, -0.25) is 19.6 Å². The maximum atomic E-state index is 12.9. The number of nitrogens with zero attached hydrogens (tertiary/aromatic N) is 5. The van der Waals surface area contributed by atoms with E-state index in [0.29, 0.717) is 19.4 Å². The molecule has 1 saturated heterocycles. The molecule has 0 atom stereocenters. The average molecular weight is 514 g/mol. The Morgan fingerprint density at radius 2 is 1.90 bits per heavy atom. The Hall–Kier alpha value is -2.31. The van der Waals surface area contributed by atoms with E-state index in [1.54, 1.807) is 16.6 Å². The van der Waals surface area contributed by atoms with E-state index in [-0.39, 0.29) is 35.5 Å². The third-order valence-electron chi connectivity index (χ3n) is 5.36. The molecular formula is C19H24BrN5O5S. The highest BCUT2D eigenvalue weighted by Crippen LogP contribution is 2.27. The second-order valence-corrected chi connectivity index (χ2v) is 10.2. The third kappa shape index (κ3) is 5.13. The van der Waals surface area contributed by atoms with Crippen molar-refractivity contribution in [2.45, 2.75) is 37.8 Å². The zero-order valence-corrected chi connectivity index (χ0v) is 19.7. The van der Waals surface area contributed by atoms with Gasteiger partial charge < -0.3 is 4.90 Å². The lowest BCUT2D eigenvalue weighted by Crippen LogP contribution is -2.43. The molecule has 0 aliphatic carbocycles. The number of hydrogen-bond acceptors (Lipinski definition) is 6. The van der Waals surface area contributed by atoms with E-state index in [1.807, 2.05) is 13.1 Å². The minimum absolute atomic E-state index is 0.0105. The first-order valence-corrected chi connectivity index (χ1v) is 12.1. The Morgan fingerprint density at radius 1 is 1.29 bits per heavy atom. The summed E-state index contributed by atoms with van der Waals surface area (Å²) >= 11 is 3.46. The van der Waals surface area contributed by atoms with Crippen LogP contribution in [0.25, 0.3) is 0 Å². The van der Waals surface area contributed by atoms with E-state index in [2.05, 4.69) is 21.0 Å². The fourth-order valence-corrected chi connectivity index (χ4v) is 5.46. The summed E-state index contributed by atoms with van der Waals surface area (Å²) in [5.74, 6) is -0.300. The van der Waals surface area contributed by atoms with Crippen LogP contribution in [0.5, 0.6) is 0 Å². The van der Waals surface area contributed by atoms with Crippen molar-refractivity contribution in [1.29, 1.82) is 0 Å². The average Bonchev–Trinajstić information content (AvgIpc) is 3.12. The summed E-state index contributed by atoms with van der Waals surface area (Å²) in [6, 6.07) is 4.84. The molecule has 1 amide bonds. The number of rotatable bonds is 7. The maximum Gasteiger partial charge on any atom is 0.269 e. The number of halogens is 1. The number of aromatic nitrogens is 2. The predicted octanol–water partition coefficient (Wildman–Crippen LogP) is 2.63. The molecule has 0 bridgehead atoms. The third-order valence-corrected chi connectivity index (χ3v) is 7.94. The predicted molar refractivity (Wildman–Crippen MR) is 117 cm³/mol. The first-order valence-electron chi connectivity index (χ1n) is 9.85. The topological polar surface area (TPSA) is 119 Å². The lowest BCUT2D eigenvalue weighted by molar-refractivity contribution is -0.384. The quantitative estimate of drug-likeness (QED) is 0.414. The zero-order valence-electron chi connectivity index (χ0n) is 17.3. The fourth-order valence-electron chi connectivity index (χ4n) is 3.55. The van der Waals surface area contributed by atoms with Crippen LogP contribution in [0.15, 0.2) is 39.8 Å². The summed E-state index contributed by atoms with van der Waals surface area (Å²) in [6.07, 6.45) is 2.70. The van der Waals surface area contributed by atoms with Crippen LogP contribution in [0.2, 0.25) is 0 Å². The molecule has 1 aromatic heterocycles. The number of carbonyl (C=O) groups is 1. The van der Waals surface area contributed by atoms with Crippen molar-refractivity contribution in [1.82, 2.24) is 19.0 Å². The van der Waals surface area contributed by atoms with Crippen LogP contribution < -0.4 is 0 Å². The molecule has 12 heteroatoms. The molecule has 0 saturated carbocycles. The van der Waals surface area contributed by atoms with Crippen molar-refractivity contribution in [3.05, 3.63) is 50.7 Å². The first-order chi connectivity index (χ1) is 14.6. The smallest absolute Gasteiger partial charge is 0.269 e. The minimum Gasteiger partial charge on any atom is -0.340 e. The van der Waals surface area contributed by atoms with Crippen molar-refractivity contribution in [3.63, 3.8) is 0 Å². The lowest BCUT2D eigenvalue weighted by atomic mass is 9.96. The van der Waals surface area contributed by atoms with E-state index in [1.165, 1.54) is 28.6 Å². The van der Waals surface area contributed by atoms with Crippen molar-refractivity contribution < 1.29 is 18.1 Å². The van der Waals surface area contributed by atoms with Crippen molar-refractivity contribution in [2.75, 3.05) is 20.1 Å². The van der Waals surface area contributed by atoms with Crippen LogP contribution in [0, 0.1) is 16.0 Å². The fraction of sp³-hybridized carbons (Fsp3) is 0.474. The summed E-state index contributed by atoms with van der Waals surface area (Å²) in [4.78, 5) is 24.7. The standard InChI is InChI=1S/C19H24BrN5O5S/c1-3-23-12-17(20)18(21-23)13-22(2)19(26)14-8-10-24(11-9-14)31(29,30)16-6-4-15(5-7-16)25(27)28/h4-7,12,14H,3,8-11,13H2,1-2H3. The summed E-state index contributed by atoms with van der Waals surface area (Å²) in [6.45, 7) is 3.53. The Labute approximate surface area is 189 Å². The number of non-ortho nitro benzene ring substituents is 1. The van der Waals surface area contributed by atoms with Gasteiger partial charge in [0.2, 0.25) is 15.9 Å². The van der Waals surface area contributed by atoms with Crippen molar-refractivity contribution in [3.8, 4) is 0 Å². The van der Waals surface area contributed by atoms with Gasteiger partial charge >= 0.3 is 0 Å². The number of nitro benzene ring substituents is 1. The normalized spacial score (nSPS) is 15.7. The molecule has 2 aromatic rings. The lowest BCUT2D eigenvalue weighted by Gasteiger charge is -2.32. The molecule has 0 spiro atoms. The summed E-state index contributed by atoms with van der Waals surface area (Å²) in [5, 5.41) is 15.2. The SMILES string of the molecule is CCn1cc(Br)c(CN(C)C(=O)C2CCN(S(=O)(=O)c3ccc([N+](=O)[O-])cc3)CC2)n1. The number of piperidine rings is 1. The largest absolute Gasteiger partial charge is 0.340 e. The van der Waals surface area contributed by atoms with E-state index >= 15 is 0 Å². The van der Waals surface area contributed by atoms with Gasteiger partial charge in [0.05, 0.1) is 26.5 Å². The molecule has 31 heavy (non-hydrogen) atoms. The van der Waals surface area contributed by atoms with Gasteiger partial charge in [-0.2, -0.15) is 9.40 Å². The molecule has 3 rings (SSSR count). The number of benzene rings is 1. The van der Waals surface area contributed by atoms with E-state index in [4.69, 9.17) is 0 Å². The van der Waals surface area contributed by atoms with Crippen LogP contribution in [0.4, 0.5) is 5.69 Å². The molecule has 2 heterocycles. The van der Waals surface area contributed by atoms with Gasteiger partial charge in [-0.25, -0.2) is 8.42 Å². The van der Waals surface area contributed by atoms with Crippen LogP contribution >= 0.6 is 15.9 Å². The van der Waals surface area contributed by atoms with E-state index in [9.17, 15) is 23.3 Å². The molecule has 0 N–H and O–H groups in total. The van der Waals surface area contributed by atoms with Gasteiger partial charge in [-0.15, -0.1) is 0 Å². The molecule has 1 aliphatic heterocycles. The van der Waals surface area contributed by atoms with Gasteiger partial charge in [0.15, 0.2) is 0 Å². The number of sulfonamides is 1. The van der Waals surface area contributed by atoms with Crippen LogP contribution in [0.3, 0.4) is 0 Å².